The fourth-order valence-corrected chi connectivity index (χ4v) is 4.51. The maximum absolute atomic E-state index is 10.4. The summed E-state index contributed by atoms with van der Waals surface area (Å²) in [5.74, 6) is 0.140. The van der Waals surface area contributed by atoms with Crippen molar-refractivity contribution in [1.82, 2.24) is 0 Å². The molecule has 2 nitrogen and oxygen atoms in total. The van der Waals surface area contributed by atoms with Crippen molar-refractivity contribution < 1.29 is 9.90 Å². The Bertz CT molecular complexity index is 458. The normalized spacial score (nSPS) is 19.8. The monoisotopic (exact) mass is 372 g/mol. The molecule has 0 amide bonds. The lowest BCUT2D eigenvalue weighted by atomic mass is 9.99. The van der Waals surface area contributed by atoms with Crippen molar-refractivity contribution in [2.45, 2.75) is 89.9 Å². The Kier molecular flexibility index (Phi) is 11.4. The minimum absolute atomic E-state index is 0.438. The highest BCUT2D eigenvalue weighted by Crippen LogP contribution is 2.32. The largest absolute Gasteiger partial charge is 0.477 e. The van der Waals surface area contributed by atoms with Gasteiger partial charge in [0.2, 0.25) is 0 Å². The number of alkyl halides is 1. The lowest BCUT2D eigenvalue weighted by molar-refractivity contribution is 0.0702. The predicted octanol–water partition coefficient (Wildman–Crippen LogP) is 7.15. The molecule has 0 bridgehead atoms. The Balaban J connectivity index is 0.000000243. The standard InChI is InChI=1S/C12H23Cl.C8H10O2S/c1-2-3-4-5-6-7-11-8-9-12(13)10-11;1-2-3-6-4-5-7(11-6)8(9)10/h11-12H,2-10H2,1H3;4-5H,2-3H2,1H3,(H,9,10)/t11-,12+;/m0./s1. The van der Waals surface area contributed by atoms with Crippen molar-refractivity contribution in [2.75, 3.05) is 0 Å². The number of aryl methyl sites for hydroxylation is 1. The van der Waals surface area contributed by atoms with Gasteiger partial charge in [0.05, 0.1) is 0 Å². The van der Waals surface area contributed by atoms with E-state index in [1.54, 1.807) is 6.07 Å². The third-order valence-electron chi connectivity index (χ3n) is 4.56. The highest BCUT2D eigenvalue weighted by atomic mass is 35.5. The van der Waals surface area contributed by atoms with Crippen LogP contribution in [0.1, 0.15) is 92.6 Å². The molecule has 1 saturated carbocycles. The Labute approximate surface area is 156 Å². The van der Waals surface area contributed by atoms with E-state index in [9.17, 15) is 4.79 Å². The number of carbonyl (C=O) groups is 1. The Morgan fingerprint density at radius 1 is 1.17 bits per heavy atom. The zero-order valence-electron chi connectivity index (χ0n) is 15.2. The Morgan fingerprint density at radius 3 is 2.46 bits per heavy atom. The molecule has 138 valence electrons. The van der Waals surface area contributed by atoms with Gasteiger partial charge in [0.1, 0.15) is 4.88 Å². The maximum atomic E-state index is 10.4. The van der Waals surface area contributed by atoms with Crippen LogP contribution in [0.5, 0.6) is 0 Å². The van der Waals surface area contributed by atoms with Crippen LogP contribution >= 0.6 is 22.9 Å². The first-order chi connectivity index (χ1) is 11.6. The van der Waals surface area contributed by atoms with E-state index in [-0.39, 0.29) is 0 Å². The number of rotatable bonds is 9. The van der Waals surface area contributed by atoms with Gasteiger partial charge in [-0.3, -0.25) is 0 Å². The summed E-state index contributed by atoms with van der Waals surface area (Å²) in [6.45, 7) is 4.36. The molecular formula is C20H33ClO2S. The Morgan fingerprint density at radius 2 is 1.92 bits per heavy atom. The van der Waals surface area contributed by atoms with Crippen molar-refractivity contribution in [2.24, 2.45) is 5.92 Å². The lowest BCUT2D eigenvalue weighted by Crippen LogP contribution is -1.95. The van der Waals surface area contributed by atoms with Crippen LogP contribution in [0.15, 0.2) is 12.1 Å². The number of halogens is 1. The Hall–Kier alpha value is -0.540. The van der Waals surface area contributed by atoms with Gasteiger partial charge in [0, 0.05) is 10.3 Å². The van der Waals surface area contributed by atoms with E-state index < -0.39 is 5.97 Å². The summed E-state index contributed by atoms with van der Waals surface area (Å²) in [7, 11) is 0. The van der Waals surface area contributed by atoms with Gasteiger partial charge in [-0.25, -0.2) is 4.79 Å². The molecule has 0 saturated heterocycles. The van der Waals surface area contributed by atoms with E-state index in [1.165, 1.54) is 69.1 Å². The van der Waals surface area contributed by atoms with Crippen LogP contribution in [0, 0.1) is 5.92 Å². The van der Waals surface area contributed by atoms with E-state index in [4.69, 9.17) is 16.7 Å². The first-order valence-corrected chi connectivity index (χ1v) is 10.8. The smallest absolute Gasteiger partial charge is 0.345 e. The van der Waals surface area contributed by atoms with Crippen molar-refractivity contribution in [3.63, 3.8) is 0 Å². The van der Waals surface area contributed by atoms with Gasteiger partial charge in [-0.05, 0) is 43.7 Å². The molecule has 1 aliphatic rings. The zero-order valence-corrected chi connectivity index (χ0v) is 16.8. The molecule has 0 unspecified atom stereocenters. The second-order valence-electron chi connectivity index (χ2n) is 6.80. The van der Waals surface area contributed by atoms with Crippen molar-refractivity contribution in [3.8, 4) is 0 Å². The SMILES string of the molecule is CCCCCCC[C@H]1CC[C@@H](Cl)C1.CCCc1ccc(C(=O)O)s1. The summed E-state index contributed by atoms with van der Waals surface area (Å²) in [4.78, 5) is 12.0. The molecule has 4 heteroatoms. The third kappa shape index (κ3) is 9.08. The molecule has 0 aromatic carbocycles. The van der Waals surface area contributed by atoms with E-state index >= 15 is 0 Å². The number of carboxylic acids is 1. The second-order valence-corrected chi connectivity index (χ2v) is 8.59. The summed E-state index contributed by atoms with van der Waals surface area (Å²) in [5.41, 5.74) is 0. The van der Waals surface area contributed by atoms with Crippen molar-refractivity contribution >= 4 is 28.9 Å². The number of aromatic carboxylic acids is 1. The van der Waals surface area contributed by atoms with Gasteiger partial charge in [-0.1, -0.05) is 58.8 Å². The number of hydrogen-bond acceptors (Lipinski definition) is 2. The van der Waals surface area contributed by atoms with Gasteiger partial charge in [-0.15, -0.1) is 22.9 Å². The molecule has 0 radical (unpaired) electrons. The van der Waals surface area contributed by atoms with E-state index in [0.717, 1.165) is 23.6 Å². The highest BCUT2D eigenvalue weighted by Gasteiger charge is 2.21. The summed E-state index contributed by atoms with van der Waals surface area (Å²) in [6.07, 6.45) is 14.5. The fourth-order valence-electron chi connectivity index (χ4n) is 3.19. The van der Waals surface area contributed by atoms with E-state index in [2.05, 4.69) is 13.8 Å². The summed E-state index contributed by atoms with van der Waals surface area (Å²) >= 11 is 7.44. The van der Waals surface area contributed by atoms with E-state index in [0.29, 0.717) is 10.3 Å². The topological polar surface area (TPSA) is 37.3 Å². The average molecular weight is 373 g/mol. The van der Waals surface area contributed by atoms with Crippen LogP contribution in [0.25, 0.3) is 0 Å². The molecule has 0 aliphatic heterocycles. The predicted molar refractivity (Wildman–Crippen MR) is 106 cm³/mol. The molecule has 2 rings (SSSR count). The lowest BCUT2D eigenvalue weighted by Gasteiger charge is -2.07. The number of carboxylic acid groups (broad SMARTS) is 1. The van der Waals surface area contributed by atoms with Crippen LogP contribution in [0.4, 0.5) is 0 Å². The molecule has 1 aromatic heterocycles. The van der Waals surface area contributed by atoms with Gasteiger partial charge < -0.3 is 5.11 Å². The first kappa shape index (κ1) is 21.5. The summed E-state index contributed by atoms with van der Waals surface area (Å²) in [5, 5.41) is 9.08. The van der Waals surface area contributed by atoms with Crippen LogP contribution in [0.2, 0.25) is 0 Å². The minimum Gasteiger partial charge on any atom is -0.477 e. The number of unbranched alkanes of at least 4 members (excludes halogenated alkanes) is 4. The van der Waals surface area contributed by atoms with Gasteiger partial charge in [0.15, 0.2) is 0 Å². The molecule has 1 aromatic rings. The molecule has 0 spiro atoms. The third-order valence-corrected chi connectivity index (χ3v) is 6.09. The quantitative estimate of drug-likeness (QED) is 0.369. The maximum Gasteiger partial charge on any atom is 0.345 e. The molecule has 2 atom stereocenters. The molecule has 1 heterocycles. The van der Waals surface area contributed by atoms with Gasteiger partial charge in [0.25, 0.3) is 0 Å². The minimum atomic E-state index is -0.822. The molecule has 1 N–H and O–H groups in total. The van der Waals surface area contributed by atoms with Crippen LogP contribution in [0.3, 0.4) is 0 Å². The summed E-state index contributed by atoms with van der Waals surface area (Å²) in [6, 6.07) is 3.55. The second kappa shape index (κ2) is 12.8. The molecular weight excluding hydrogens is 340 g/mol. The molecule has 1 fully saturated rings. The van der Waals surface area contributed by atoms with Gasteiger partial charge in [-0.2, -0.15) is 0 Å². The highest BCUT2D eigenvalue weighted by molar-refractivity contribution is 7.13. The molecule has 24 heavy (non-hydrogen) atoms. The van der Waals surface area contributed by atoms with Crippen LogP contribution < -0.4 is 0 Å². The van der Waals surface area contributed by atoms with Crippen LogP contribution in [-0.2, 0) is 6.42 Å². The zero-order chi connectivity index (χ0) is 17.8. The average Bonchev–Trinajstić information content (AvgIpc) is 3.17. The molecule has 1 aliphatic carbocycles. The van der Waals surface area contributed by atoms with E-state index in [1.807, 2.05) is 6.07 Å². The first-order valence-electron chi connectivity index (χ1n) is 9.52. The van der Waals surface area contributed by atoms with Crippen molar-refractivity contribution in [1.29, 1.82) is 0 Å². The summed E-state index contributed by atoms with van der Waals surface area (Å²) < 4.78 is 0. The number of thiophene rings is 1. The number of hydrogen-bond donors (Lipinski definition) is 1. The van der Waals surface area contributed by atoms with Crippen molar-refractivity contribution in [3.05, 3.63) is 21.9 Å². The fraction of sp³-hybridized carbons (Fsp3) is 0.750. The van der Waals surface area contributed by atoms with Gasteiger partial charge >= 0.3 is 5.97 Å². The van der Waals surface area contributed by atoms with Crippen LogP contribution in [-0.4, -0.2) is 16.5 Å².